The average molecular weight is 1150 g/mol. The molecule has 4 nitrogen and oxygen atoms in total. The minimum atomic E-state index is -1.05. The van der Waals surface area contributed by atoms with Crippen molar-refractivity contribution >= 4 is 68.2 Å². The van der Waals surface area contributed by atoms with Crippen molar-refractivity contribution in [1.82, 2.24) is 0 Å². The van der Waals surface area contributed by atoms with Crippen LogP contribution in [0.4, 0.5) is 68.2 Å². The van der Waals surface area contributed by atoms with Gasteiger partial charge in [-0.25, -0.2) is 0 Å². The van der Waals surface area contributed by atoms with Crippen LogP contribution in [0.3, 0.4) is 0 Å². The molecule has 0 spiro atoms. The number of hydrogen-bond acceptors (Lipinski definition) is 4. The predicted octanol–water partition coefficient (Wildman–Crippen LogP) is 22.9. The molecule has 0 N–H and O–H groups in total. The van der Waals surface area contributed by atoms with Crippen LogP contribution in [0.2, 0.25) is 0 Å². The molecule has 0 amide bonds. The third kappa shape index (κ3) is 8.83. The Bertz CT molecular complexity index is 4070. The van der Waals surface area contributed by atoms with E-state index in [1.165, 1.54) is 55.6 Å². The highest BCUT2D eigenvalue weighted by molar-refractivity contribution is 5.98. The maximum atomic E-state index is 2.55. The summed E-state index contributed by atoms with van der Waals surface area (Å²) in [5, 5.41) is 0. The Morgan fingerprint density at radius 1 is 0.144 bits per heavy atom. The smallest absolute Gasteiger partial charge is 0.0643 e. The van der Waals surface area contributed by atoms with Crippen LogP contribution >= 0.6 is 0 Å². The van der Waals surface area contributed by atoms with Gasteiger partial charge < -0.3 is 19.6 Å². The zero-order chi connectivity index (χ0) is 59.9. The Kier molecular flexibility index (Phi) is 13.6. The van der Waals surface area contributed by atoms with Crippen molar-refractivity contribution in [2.45, 2.75) is 10.8 Å². The molecule has 0 bridgehead atoms. The molecule has 0 saturated heterocycles. The summed E-state index contributed by atoms with van der Waals surface area (Å²) in [6, 6.07) is 139. The Hall–Kier alpha value is -11.7. The fourth-order valence-electron chi connectivity index (χ4n) is 14.8. The molecule has 16 rings (SSSR count). The summed E-state index contributed by atoms with van der Waals surface area (Å²) in [7, 11) is 0. The average Bonchev–Trinajstić information content (AvgIpc) is 1.46. The van der Waals surface area contributed by atoms with Gasteiger partial charge in [-0.3, -0.25) is 0 Å². The first-order valence-electron chi connectivity index (χ1n) is 31.0. The first-order valence-corrected chi connectivity index (χ1v) is 31.0. The lowest BCUT2D eigenvalue weighted by Crippen LogP contribution is -2.50. The van der Waals surface area contributed by atoms with E-state index < -0.39 is 10.8 Å². The summed E-state index contributed by atoms with van der Waals surface area (Å²) in [5.41, 5.74) is 22.5. The molecule has 0 aliphatic heterocycles. The van der Waals surface area contributed by atoms with E-state index in [0.717, 1.165) is 68.2 Å². The van der Waals surface area contributed by atoms with Crippen LogP contribution in [0, 0.1) is 0 Å². The van der Waals surface area contributed by atoms with E-state index >= 15 is 0 Å². The molecule has 4 heteroatoms. The number of anilines is 12. The molecule has 0 saturated carbocycles. The number of benzene rings is 14. The van der Waals surface area contributed by atoms with Crippen LogP contribution < -0.4 is 19.6 Å². The van der Waals surface area contributed by atoms with E-state index in [-0.39, 0.29) is 0 Å². The van der Waals surface area contributed by atoms with Gasteiger partial charge in [0.1, 0.15) is 0 Å². The topological polar surface area (TPSA) is 13.0 Å². The molecule has 0 heterocycles. The number of para-hydroxylation sites is 8. The van der Waals surface area contributed by atoms with Crippen molar-refractivity contribution in [3.63, 3.8) is 0 Å². The van der Waals surface area contributed by atoms with Gasteiger partial charge in [0.15, 0.2) is 0 Å². The van der Waals surface area contributed by atoms with Gasteiger partial charge in [0, 0.05) is 68.2 Å². The fourth-order valence-corrected chi connectivity index (χ4v) is 14.8. The van der Waals surface area contributed by atoms with Crippen molar-refractivity contribution in [2.24, 2.45) is 0 Å². The van der Waals surface area contributed by atoms with Crippen LogP contribution in [0.25, 0.3) is 22.3 Å². The second-order valence-electron chi connectivity index (χ2n) is 23.2. The molecule has 14 aromatic carbocycles. The molecule has 0 unspecified atom stereocenters. The Morgan fingerprint density at radius 3 is 0.467 bits per heavy atom. The normalized spacial score (nSPS) is 12.8. The maximum Gasteiger partial charge on any atom is 0.0643 e. The van der Waals surface area contributed by atoms with Crippen molar-refractivity contribution < 1.29 is 0 Å². The van der Waals surface area contributed by atoms with Crippen molar-refractivity contribution in [1.29, 1.82) is 0 Å². The van der Waals surface area contributed by atoms with Crippen LogP contribution in [-0.4, -0.2) is 0 Å². The van der Waals surface area contributed by atoms with Crippen molar-refractivity contribution in [2.75, 3.05) is 19.6 Å². The molecular formula is C86H62N4. The van der Waals surface area contributed by atoms with E-state index in [9.17, 15) is 0 Å². The Balaban J connectivity index is 1.10. The highest BCUT2D eigenvalue weighted by atomic mass is 15.2. The summed E-state index contributed by atoms with van der Waals surface area (Å²) < 4.78 is 0. The zero-order valence-electron chi connectivity index (χ0n) is 49.6. The number of nitrogens with zero attached hydrogens (tertiary/aromatic N) is 4. The summed E-state index contributed by atoms with van der Waals surface area (Å²) in [4.78, 5) is 9.70. The molecule has 0 fully saturated rings. The van der Waals surface area contributed by atoms with Crippen molar-refractivity contribution in [3.05, 3.63) is 409 Å². The van der Waals surface area contributed by atoms with Crippen LogP contribution in [-0.2, 0) is 10.8 Å². The monoisotopic (exact) mass is 1150 g/mol. The molecule has 0 atom stereocenters. The first-order chi connectivity index (χ1) is 44.7. The van der Waals surface area contributed by atoms with Gasteiger partial charge in [-0.15, -0.1) is 0 Å². The SMILES string of the molecule is c1ccc(N(c2ccccc2)c2ccc3c(c2)C(c2ccccc2)(C2(c4ccccc4)c4cc(N(c5ccccc5)c5ccccc5)ccc4-c4ccc(N(c5ccccc5)c5ccccc5)cc42)c2cc(N(c4ccccc4)c4ccccc4)ccc2-3)cc1. The molecular weight excluding hydrogens is 1090 g/mol. The Morgan fingerprint density at radius 2 is 0.300 bits per heavy atom. The number of fused-ring (bicyclic) bond motifs is 6. The molecule has 14 aromatic rings. The van der Waals surface area contributed by atoms with Gasteiger partial charge in [-0.2, -0.15) is 0 Å². The minimum Gasteiger partial charge on any atom is -0.310 e. The molecule has 0 radical (unpaired) electrons. The molecule has 2 aliphatic rings. The van der Waals surface area contributed by atoms with Gasteiger partial charge in [-0.1, -0.05) is 231 Å². The van der Waals surface area contributed by atoms with Crippen LogP contribution in [0.15, 0.2) is 376 Å². The molecule has 426 valence electrons. The van der Waals surface area contributed by atoms with E-state index in [2.05, 4.69) is 396 Å². The summed E-state index contributed by atoms with van der Waals surface area (Å²) in [5.74, 6) is 0. The molecule has 90 heavy (non-hydrogen) atoms. The lowest BCUT2D eigenvalue weighted by molar-refractivity contribution is 0.437. The second kappa shape index (κ2) is 22.9. The lowest BCUT2D eigenvalue weighted by atomic mass is 9.49. The summed E-state index contributed by atoms with van der Waals surface area (Å²) in [6.07, 6.45) is 0. The Labute approximate surface area is 527 Å². The highest BCUT2D eigenvalue weighted by Gasteiger charge is 2.65. The zero-order valence-corrected chi connectivity index (χ0v) is 49.6. The second-order valence-corrected chi connectivity index (χ2v) is 23.2. The van der Waals surface area contributed by atoms with Crippen LogP contribution in [0.1, 0.15) is 33.4 Å². The summed E-state index contributed by atoms with van der Waals surface area (Å²) in [6.45, 7) is 0. The highest BCUT2D eigenvalue weighted by Crippen LogP contribution is 2.71. The largest absolute Gasteiger partial charge is 0.310 e. The maximum absolute atomic E-state index is 2.55. The standard InChI is InChI=1S/C86H62N4/c1-11-31-63(32-12-1)85(81-59-73(87(65-35-15-3-16-36-65)66-37-17-4-18-38-66)51-55-77(81)78-56-52-74(60-82(78)85)88(67-39-19-5-20-40-67)68-41-21-6-22-42-68)86(64-33-13-2-14-34-64)83-61-75(89(69-43-23-7-24-44-69)70-45-25-8-26-46-70)53-57-79(83)80-58-54-76(62-84(80)86)90(71-47-27-9-28-48-71)72-49-29-10-30-50-72/h1-62H. The predicted molar refractivity (Wildman–Crippen MR) is 375 cm³/mol. The quantitative estimate of drug-likeness (QED) is 0.101. The number of rotatable bonds is 15. The van der Waals surface area contributed by atoms with Gasteiger partial charge in [0.05, 0.1) is 10.8 Å². The minimum absolute atomic E-state index is 1.05. The van der Waals surface area contributed by atoms with E-state index in [0.29, 0.717) is 0 Å². The van der Waals surface area contributed by atoms with Gasteiger partial charge >= 0.3 is 0 Å². The lowest BCUT2D eigenvalue weighted by Gasteiger charge is -2.51. The third-order valence-electron chi connectivity index (χ3n) is 18.3. The first kappa shape index (κ1) is 53.7. The molecule has 0 aromatic heterocycles. The summed E-state index contributed by atoms with van der Waals surface area (Å²) >= 11 is 0. The van der Waals surface area contributed by atoms with E-state index in [1.54, 1.807) is 0 Å². The van der Waals surface area contributed by atoms with E-state index in [4.69, 9.17) is 0 Å². The van der Waals surface area contributed by atoms with Gasteiger partial charge in [0.2, 0.25) is 0 Å². The van der Waals surface area contributed by atoms with Gasteiger partial charge in [0.25, 0.3) is 0 Å². The van der Waals surface area contributed by atoms with Crippen LogP contribution in [0.5, 0.6) is 0 Å². The fraction of sp³-hybridized carbons (Fsp3) is 0.0233. The van der Waals surface area contributed by atoms with E-state index in [1.807, 2.05) is 0 Å². The molecule has 2 aliphatic carbocycles. The van der Waals surface area contributed by atoms with Gasteiger partial charge in [-0.05, 0) is 201 Å². The van der Waals surface area contributed by atoms with Crippen molar-refractivity contribution in [3.8, 4) is 22.3 Å². The third-order valence-corrected chi connectivity index (χ3v) is 18.3. The number of hydrogen-bond donors (Lipinski definition) is 0.